The van der Waals surface area contributed by atoms with E-state index in [0.717, 1.165) is 166 Å². The molecule has 0 saturated heterocycles. The lowest BCUT2D eigenvalue weighted by Gasteiger charge is -2.32. The molecule has 0 bridgehead atoms. The Morgan fingerprint density at radius 2 is 0.567 bits per heavy atom. The van der Waals surface area contributed by atoms with Crippen molar-refractivity contribution in [3.05, 3.63) is 79.8 Å². The van der Waals surface area contributed by atoms with Crippen LogP contribution in [-0.2, 0) is 35.3 Å². The van der Waals surface area contributed by atoms with Crippen LogP contribution in [0.25, 0.3) is 33.2 Å². The Balaban J connectivity index is 2.28. The molecule has 2 heterocycles. The molecule has 5 rings (SSSR count). The first-order valence-electron chi connectivity index (χ1n) is 23.2. The number of carbonyl (C=O) groups is 2. The third-order valence-corrected chi connectivity index (χ3v) is 12.1. The summed E-state index contributed by atoms with van der Waals surface area (Å²) in [6.45, 7) is 34.5. The Morgan fingerprint density at radius 3 is 0.733 bits per heavy atom. The first-order valence-corrected chi connectivity index (χ1v) is 23.2. The van der Waals surface area contributed by atoms with E-state index in [-0.39, 0.29) is 11.6 Å². The number of fused-ring (bicyclic) bond motifs is 2. The van der Waals surface area contributed by atoms with Crippen molar-refractivity contribution in [2.75, 3.05) is 0 Å². The number of benzene rings is 1. The number of carbonyl (C=O) groups excluding carboxylic acids is 2. The number of allylic oxidation sites excluding steroid dienone is 8. The lowest BCUT2D eigenvalue weighted by molar-refractivity contribution is -0.114. The molecule has 2 aliphatic rings. The molecule has 0 N–H and O–H groups in total. The number of Topliss-reactive ketones (excluding diaryl/α,β-unsaturated/α-hetero) is 2. The zero-order valence-electron chi connectivity index (χ0n) is 40.4. The molecule has 6 heteroatoms. The Morgan fingerprint density at radius 1 is 0.367 bits per heavy atom. The SMILES string of the molecule is CCCCc1nc2c(=C3C=C(C(C)(C)C)C(=O)C(C(C)(C)C)=C3)c3nc(CCCC)c(CCCC)nc3c(=C3C=C(C(C)(C)C)C(=O)C(C(C)(C)C)=C3)c2nc1CCCC. The maximum atomic E-state index is 14.4. The normalized spacial score (nSPS) is 15.9. The van der Waals surface area contributed by atoms with Crippen molar-refractivity contribution in [2.24, 2.45) is 21.7 Å². The van der Waals surface area contributed by atoms with Crippen molar-refractivity contribution in [1.82, 2.24) is 19.9 Å². The van der Waals surface area contributed by atoms with E-state index in [1.54, 1.807) is 0 Å². The second-order valence-corrected chi connectivity index (χ2v) is 21.6. The van der Waals surface area contributed by atoms with E-state index in [1.165, 1.54) is 0 Å². The van der Waals surface area contributed by atoms with E-state index in [2.05, 4.69) is 135 Å². The summed E-state index contributed by atoms with van der Waals surface area (Å²) in [5.74, 6) is 0.193. The van der Waals surface area contributed by atoms with Crippen LogP contribution in [0.2, 0.25) is 0 Å². The van der Waals surface area contributed by atoms with Crippen molar-refractivity contribution in [2.45, 2.75) is 188 Å². The molecule has 0 unspecified atom stereocenters. The van der Waals surface area contributed by atoms with Crippen LogP contribution in [0.4, 0.5) is 0 Å². The van der Waals surface area contributed by atoms with E-state index < -0.39 is 21.7 Å². The van der Waals surface area contributed by atoms with Gasteiger partial charge in [-0.1, -0.05) is 136 Å². The van der Waals surface area contributed by atoms with Crippen LogP contribution >= 0.6 is 0 Å². The van der Waals surface area contributed by atoms with E-state index in [9.17, 15) is 9.59 Å². The maximum absolute atomic E-state index is 14.4. The van der Waals surface area contributed by atoms with Crippen LogP contribution in [-0.4, -0.2) is 31.5 Å². The number of aromatic nitrogens is 4. The zero-order chi connectivity index (χ0) is 44.5. The predicted octanol–water partition coefficient (Wildman–Crippen LogP) is 12.3. The molecule has 2 aromatic heterocycles. The first kappa shape index (κ1) is 47.0. The number of ketones is 2. The van der Waals surface area contributed by atoms with Crippen molar-refractivity contribution in [3.63, 3.8) is 0 Å². The molecule has 0 radical (unpaired) electrons. The highest BCUT2D eigenvalue weighted by atomic mass is 16.1. The van der Waals surface area contributed by atoms with Crippen LogP contribution in [0, 0.1) is 21.7 Å². The molecule has 324 valence electrons. The van der Waals surface area contributed by atoms with Gasteiger partial charge in [-0.25, -0.2) is 19.9 Å². The Bertz CT molecular complexity index is 2100. The predicted molar refractivity (Wildman–Crippen MR) is 253 cm³/mol. The van der Waals surface area contributed by atoms with E-state index in [0.29, 0.717) is 0 Å². The number of hydrogen-bond donors (Lipinski definition) is 0. The molecule has 0 spiro atoms. The average molecular weight is 813 g/mol. The van der Waals surface area contributed by atoms with Gasteiger partial charge in [0, 0.05) is 32.7 Å². The lowest BCUT2D eigenvalue weighted by Crippen LogP contribution is -2.31. The molecule has 2 aliphatic carbocycles. The summed E-state index contributed by atoms with van der Waals surface area (Å²) >= 11 is 0. The second-order valence-electron chi connectivity index (χ2n) is 21.6. The largest absolute Gasteiger partial charge is 0.289 e. The van der Waals surface area contributed by atoms with Crippen molar-refractivity contribution < 1.29 is 9.59 Å². The molecule has 0 fully saturated rings. The summed E-state index contributed by atoms with van der Waals surface area (Å²) in [6.07, 6.45) is 20.1. The van der Waals surface area contributed by atoms with Crippen molar-refractivity contribution in [1.29, 1.82) is 0 Å². The van der Waals surface area contributed by atoms with Crippen molar-refractivity contribution >= 4 is 44.8 Å². The van der Waals surface area contributed by atoms with Gasteiger partial charge in [0.15, 0.2) is 11.6 Å². The third kappa shape index (κ3) is 9.84. The average Bonchev–Trinajstić information content (AvgIpc) is 3.15. The topological polar surface area (TPSA) is 85.7 Å². The molecule has 0 aliphatic heterocycles. The Hall–Kier alpha value is -4.06. The monoisotopic (exact) mass is 813 g/mol. The quantitative estimate of drug-likeness (QED) is 0.169. The van der Waals surface area contributed by atoms with Crippen LogP contribution in [0.3, 0.4) is 0 Å². The zero-order valence-corrected chi connectivity index (χ0v) is 40.4. The molecule has 1 aromatic carbocycles. The van der Waals surface area contributed by atoms with E-state index in [4.69, 9.17) is 19.9 Å². The highest BCUT2D eigenvalue weighted by Crippen LogP contribution is 2.41. The van der Waals surface area contributed by atoms with Gasteiger partial charge in [0.1, 0.15) is 0 Å². The molecule has 3 aromatic rings. The standard InChI is InChI=1S/C54H76N4O2/c1-17-21-25-39-40(26-22-18-2)56-46-44(34-31-37(53(11,12)13)50(60)38(32-34)54(14,15)16)48-47(57-41(27-23-19-3)42(58-48)28-24-20-4)43(45(46)55-39)33-29-35(51(5,6)7)49(59)36(30-33)52(8,9)10/h29-32H,17-28H2,1-16H3. The molecular weight excluding hydrogens is 737 g/mol. The number of nitrogens with zero attached hydrogens (tertiary/aromatic N) is 4. The summed E-state index contributed by atoms with van der Waals surface area (Å²) in [5.41, 5.74) is 10.7. The fourth-order valence-corrected chi connectivity index (χ4v) is 8.43. The first-order chi connectivity index (χ1) is 28.0. The number of hydrogen-bond acceptors (Lipinski definition) is 6. The highest BCUT2D eigenvalue weighted by Gasteiger charge is 2.37. The van der Waals surface area contributed by atoms with Gasteiger partial charge < -0.3 is 0 Å². The molecular formula is C54H76N4O2. The van der Waals surface area contributed by atoms with E-state index >= 15 is 0 Å². The third-order valence-electron chi connectivity index (χ3n) is 12.1. The van der Waals surface area contributed by atoms with Crippen LogP contribution in [0.15, 0.2) is 46.6 Å². The summed E-state index contributed by atoms with van der Waals surface area (Å²) in [4.78, 5) is 51.8. The smallest absolute Gasteiger partial charge is 0.186 e. The molecule has 60 heavy (non-hydrogen) atoms. The number of rotatable bonds is 12. The van der Waals surface area contributed by atoms with Gasteiger partial charge in [-0.3, -0.25) is 9.59 Å². The number of aryl methyl sites for hydroxylation is 4. The summed E-state index contributed by atoms with van der Waals surface area (Å²) < 4.78 is 0. The molecule has 0 atom stereocenters. The minimum atomic E-state index is -0.401. The van der Waals surface area contributed by atoms with Gasteiger partial charge in [-0.05, 0) is 108 Å². The maximum Gasteiger partial charge on any atom is 0.186 e. The Kier molecular flexibility index (Phi) is 14.2. The molecule has 0 amide bonds. The van der Waals surface area contributed by atoms with Gasteiger partial charge in [0.2, 0.25) is 0 Å². The highest BCUT2D eigenvalue weighted by molar-refractivity contribution is 6.16. The van der Waals surface area contributed by atoms with Crippen LogP contribution in [0.5, 0.6) is 0 Å². The van der Waals surface area contributed by atoms with Gasteiger partial charge in [0.25, 0.3) is 0 Å². The van der Waals surface area contributed by atoms with Gasteiger partial charge in [-0.15, -0.1) is 0 Å². The molecule has 0 saturated carbocycles. The fraction of sp³-hybridized carbons (Fsp3) is 0.593. The lowest BCUT2D eigenvalue weighted by atomic mass is 9.71. The molecule has 6 nitrogen and oxygen atoms in total. The minimum Gasteiger partial charge on any atom is -0.289 e. The fourth-order valence-electron chi connectivity index (χ4n) is 8.43. The van der Waals surface area contributed by atoms with Crippen LogP contribution < -0.4 is 10.4 Å². The number of unbranched alkanes of at least 4 members (excludes halogenated alkanes) is 4. The summed E-state index contributed by atoms with van der Waals surface area (Å²) in [7, 11) is 0. The van der Waals surface area contributed by atoms with Gasteiger partial charge in [0.05, 0.1) is 44.8 Å². The summed E-state index contributed by atoms with van der Waals surface area (Å²) in [6, 6.07) is 0. The van der Waals surface area contributed by atoms with E-state index in [1.807, 2.05) is 0 Å². The van der Waals surface area contributed by atoms with Gasteiger partial charge >= 0.3 is 0 Å². The Labute approximate surface area is 362 Å². The second kappa shape index (κ2) is 18.1. The van der Waals surface area contributed by atoms with Crippen LogP contribution in [0.1, 0.15) is 185 Å². The summed E-state index contributed by atoms with van der Waals surface area (Å²) in [5, 5.41) is 1.79. The van der Waals surface area contributed by atoms with Gasteiger partial charge in [-0.2, -0.15) is 0 Å². The van der Waals surface area contributed by atoms with Crippen molar-refractivity contribution in [3.8, 4) is 0 Å². The minimum absolute atomic E-state index is 0.0965.